The van der Waals surface area contributed by atoms with Gasteiger partial charge < -0.3 is 14.4 Å². The van der Waals surface area contributed by atoms with Gasteiger partial charge in [0.05, 0.1) is 19.1 Å². The number of hydrogen-bond acceptors (Lipinski definition) is 4. The minimum absolute atomic E-state index is 0.458. The number of fused-ring (bicyclic) bond motifs is 1. The minimum Gasteiger partial charge on any atom is -0.496 e. The maximum Gasteiger partial charge on any atom is 0.321 e. The van der Waals surface area contributed by atoms with Crippen molar-refractivity contribution in [2.45, 2.75) is 32.5 Å². The van der Waals surface area contributed by atoms with Gasteiger partial charge in [-0.05, 0) is 24.1 Å². The summed E-state index contributed by atoms with van der Waals surface area (Å²) < 4.78 is 7.31. The van der Waals surface area contributed by atoms with Crippen LogP contribution in [0.25, 0.3) is 0 Å². The van der Waals surface area contributed by atoms with Crippen molar-refractivity contribution in [3.63, 3.8) is 0 Å². The molecule has 0 spiro atoms. The Hall–Kier alpha value is -2.34. The number of imidazole rings is 1. The summed E-state index contributed by atoms with van der Waals surface area (Å²) in [5.41, 5.74) is 4.16. The number of nitrogens with one attached hydrogen (secondary N) is 1. The molecule has 1 atom stereocenters. The number of carboxylic acids is 1. The molecule has 0 fully saturated rings. The molecule has 1 aromatic heterocycles. The number of aliphatic carboxylic acids is 1. The highest BCUT2D eigenvalue weighted by atomic mass is 16.5. The van der Waals surface area contributed by atoms with Gasteiger partial charge in [0.25, 0.3) is 0 Å². The van der Waals surface area contributed by atoms with E-state index < -0.39 is 12.0 Å². The van der Waals surface area contributed by atoms with Crippen LogP contribution < -0.4 is 10.1 Å². The lowest BCUT2D eigenvalue weighted by Crippen LogP contribution is -2.42. The van der Waals surface area contributed by atoms with E-state index in [1.807, 2.05) is 23.6 Å². The Labute approximate surface area is 128 Å². The summed E-state index contributed by atoms with van der Waals surface area (Å²) >= 11 is 0. The van der Waals surface area contributed by atoms with E-state index in [1.54, 1.807) is 13.4 Å². The van der Waals surface area contributed by atoms with Crippen molar-refractivity contribution in [3.8, 4) is 5.75 Å². The lowest BCUT2D eigenvalue weighted by atomic mass is 10.0. The largest absolute Gasteiger partial charge is 0.496 e. The summed E-state index contributed by atoms with van der Waals surface area (Å²) in [4.78, 5) is 15.6. The van der Waals surface area contributed by atoms with E-state index in [-0.39, 0.29) is 0 Å². The van der Waals surface area contributed by atoms with Crippen molar-refractivity contribution in [1.29, 1.82) is 0 Å². The number of carboxylic acid groups (broad SMARTS) is 1. The van der Waals surface area contributed by atoms with Crippen LogP contribution >= 0.6 is 0 Å². The van der Waals surface area contributed by atoms with Gasteiger partial charge in [0.2, 0.25) is 0 Å². The van der Waals surface area contributed by atoms with Crippen LogP contribution in [0.3, 0.4) is 0 Å². The summed E-state index contributed by atoms with van der Waals surface area (Å²) in [7, 11) is 1.66. The first-order chi connectivity index (χ1) is 10.6. The molecule has 1 aromatic carbocycles. The van der Waals surface area contributed by atoms with Gasteiger partial charge in [-0.15, -0.1) is 0 Å². The molecule has 2 heterocycles. The van der Waals surface area contributed by atoms with Crippen molar-refractivity contribution in [1.82, 2.24) is 14.9 Å². The number of rotatable bonds is 4. The van der Waals surface area contributed by atoms with Gasteiger partial charge in [-0.2, -0.15) is 0 Å². The fourth-order valence-corrected chi connectivity index (χ4v) is 2.86. The van der Waals surface area contributed by atoms with Crippen LogP contribution in [-0.2, 0) is 24.3 Å². The van der Waals surface area contributed by atoms with E-state index in [2.05, 4.69) is 16.4 Å². The summed E-state index contributed by atoms with van der Waals surface area (Å²) in [6, 6.07) is 5.52. The third-order valence-electron chi connectivity index (χ3n) is 4.06. The fourth-order valence-electron chi connectivity index (χ4n) is 2.86. The Morgan fingerprint density at radius 2 is 2.36 bits per heavy atom. The highest BCUT2D eigenvalue weighted by molar-refractivity contribution is 5.74. The molecule has 116 valence electrons. The monoisotopic (exact) mass is 301 g/mol. The topological polar surface area (TPSA) is 76.4 Å². The molecule has 0 saturated heterocycles. The zero-order chi connectivity index (χ0) is 15.7. The number of hydrogen-bond donors (Lipinski definition) is 2. The fraction of sp³-hybridized carbons (Fsp3) is 0.375. The number of nitrogens with zero attached hydrogens (tertiary/aromatic N) is 2. The Bertz CT molecular complexity index is 709. The molecule has 6 heteroatoms. The average Bonchev–Trinajstić information content (AvgIpc) is 2.90. The van der Waals surface area contributed by atoms with E-state index in [0.717, 1.165) is 28.3 Å². The molecule has 0 saturated carbocycles. The zero-order valence-corrected chi connectivity index (χ0v) is 12.7. The number of ether oxygens (including phenoxy) is 1. The second-order valence-electron chi connectivity index (χ2n) is 5.55. The Kier molecular flexibility index (Phi) is 3.85. The molecular formula is C16H19N3O3. The highest BCUT2D eigenvalue weighted by Crippen LogP contribution is 2.21. The second-order valence-corrected chi connectivity index (χ2v) is 5.55. The van der Waals surface area contributed by atoms with Crippen LogP contribution in [0.15, 0.2) is 24.5 Å². The number of aromatic nitrogens is 2. The van der Waals surface area contributed by atoms with Crippen molar-refractivity contribution >= 4 is 5.97 Å². The first kappa shape index (κ1) is 14.6. The lowest BCUT2D eigenvalue weighted by Gasteiger charge is -2.21. The Balaban J connectivity index is 1.84. The second kappa shape index (κ2) is 5.81. The van der Waals surface area contributed by atoms with Gasteiger partial charge in [-0.25, -0.2) is 4.98 Å². The van der Waals surface area contributed by atoms with Crippen LogP contribution in [0.2, 0.25) is 0 Å². The molecule has 22 heavy (non-hydrogen) atoms. The van der Waals surface area contributed by atoms with Gasteiger partial charge in [-0.1, -0.05) is 12.1 Å². The SMILES string of the molecule is COc1ccc(Cn2cnc3c2C[C@@H](C(=O)O)NC3)cc1C. The molecule has 0 unspecified atom stereocenters. The Morgan fingerprint density at radius 3 is 3.05 bits per heavy atom. The third kappa shape index (κ3) is 2.69. The average molecular weight is 301 g/mol. The van der Waals surface area contributed by atoms with E-state index in [9.17, 15) is 4.79 Å². The predicted molar refractivity (Wildman–Crippen MR) is 81.0 cm³/mol. The molecule has 0 amide bonds. The Morgan fingerprint density at radius 1 is 1.55 bits per heavy atom. The maximum atomic E-state index is 11.2. The van der Waals surface area contributed by atoms with E-state index in [1.165, 1.54) is 0 Å². The van der Waals surface area contributed by atoms with Crippen LogP contribution in [0.5, 0.6) is 5.75 Å². The summed E-state index contributed by atoms with van der Waals surface area (Å²) in [5.74, 6) is 0.0465. The highest BCUT2D eigenvalue weighted by Gasteiger charge is 2.26. The van der Waals surface area contributed by atoms with Gasteiger partial charge >= 0.3 is 5.97 Å². The van der Waals surface area contributed by atoms with Crippen LogP contribution in [0.1, 0.15) is 22.5 Å². The number of methoxy groups -OCH3 is 1. The molecule has 0 radical (unpaired) electrons. The van der Waals surface area contributed by atoms with Crippen molar-refractivity contribution in [3.05, 3.63) is 47.0 Å². The molecule has 2 N–H and O–H groups in total. The zero-order valence-electron chi connectivity index (χ0n) is 12.7. The molecule has 1 aliphatic rings. The summed E-state index contributed by atoms with van der Waals surface area (Å²) in [6.07, 6.45) is 2.25. The third-order valence-corrected chi connectivity index (χ3v) is 4.06. The quantitative estimate of drug-likeness (QED) is 0.891. The molecule has 1 aliphatic heterocycles. The molecule has 6 nitrogen and oxygen atoms in total. The number of benzene rings is 1. The van der Waals surface area contributed by atoms with E-state index in [4.69, 9.17) is 9.84 Å². The lowest BCUT2D eigenvalue weighted by molar-refractivity contribution is -0.139. The maximum absolute atomic E-state index is 11.2. The summed E-state index contributed by atoms with van der Waals surface area (Å²) in [5, 5.41) is 12.2. The van der Waals surface area contributed by atoms with Gasteiger partial charge in [0.1, 0.15) is 11.8 Å². The predicted octanol–water partition coefficient (Wildman–Crippen LogP) is 1.35. The van der Waals surface area contributed by atoms with Crippen LogP contribution in [0, 0.1) is 6.92 Å². The van der Waals surface area contributed by atoms with Crippen molar-refractivity contribution in [2.24, 2.45) is 0 Å². The van der Waals surface area contributed by atoms with Crippen molar-refractivity contribution < 1.29 is 14.6 Å². The molecular weight excluding hydrogens is 282 g/mol. The molecule has 0 aliphatic carbocycles. The molecule has 2 aromatic rings. The first-order valence-corrected chi connectivity index (χ1v) is 7.21. The standard InChI is InChI=1S/C16H19N3O3/c1-10-5-11(3-4-15(10)22-2)8-19-9-18-13-7-17-12(16(20)21)6-14(13)19/h3-5,9,12,17H,6-8H2,1-2H3,(H,20,21)/t12-/m0/s1. The number of aryl methyl sites for hydroxylation is 1. The van der Waals surface area contributed by atoms with Gasteiger partial charge in [0, 0.05) is 25.2 Å². The van der Waals surface area contributed by atoms with E-state index >= 15 is 0 Å². The van der Waals surface area contributed by atoms with Gasteiger partial charge in [0.15, 0.2) is 0 Å². The van der Waals surface area contributed by atoms with Crippen LogP contribution in [0.4, 0.5) is 0 Å². The van der Waals surface area contributed by atoms with Crippen LogP contribution in [-0.4, -0.2) is 33.8 Å². The number of carbonyl (C=O) groups is 1. The normalized spacial score (nSPS) is 17.1. The first-order valence-electron chi connectivity index (χ1n) is 7.21. The summed E-state index contributed by atoms with van der Waals surface area (Å²) in [6.45, 7) is 3.19. The van der Waals surface area contributed by atoms with Gasteiger partial charge in [-0.3, -0.25) is 10.1 Å². The minimum atomic E-state index is -0.821. The van der Waals surface area contributed by atoms with E-state index in [0.29, 0.717) is 19.5 Å². The molecule has 0 bridgehead atoms. The van der Waals surface area contributed by atoms with Crippen molar-refractivity contribution in [2.75, 3.05) is 7.11 Å². The smallest absolute Gasteiger partial charge is 0.321 e. The molecule has 3 rings (SSSR count).